The van der Waals surface area contributed by atoms with Crippen LogP contribution in [-0.2, 0) is 30.8 Å². The van der Waals surface area contributed by atoms with Crippen LogP contribution in [0.4, 0.5) is 0 Å². The fraction of sp³-hybridized carbons (Fsp3) is 0. The predicted molar refractivity (Wildman–Crippen MR) is 21.0 cm³/mol. The van der Waals surface area contributed by atoms with Gasteiger partial charge >= 0.3 is 59.5 Å². The van der Waals surface area contributed by atoms with Crippen molar-refractivity contribution in [2.45, 2.75) is 0 Å². The van der Waals surface area contributed by atoms with Crippen LogP contribution in [0.1, 0.15) is 0 Å². The maximum atomic E-state index is 8.55. The molecule has 0 aliphatic rings. The zero-order valence-electron chi connectivity index (χ0n) is 5.37. The zero-order chi connectivity index (χ0) is 9.00. The summed E-state index contributed by atoms with van der Waals surface area (Å²) >= 11 is 0. The molecule has 0 unspecified atom stereocenters. The number of phosphoric acid groups is 2. The minimum absolute atomic E-state index is 0. The van der Waals surface area contributed by atoms with Gasteiger partial charge in [-0.05, 0) is 0 Å². The molecule has 0 radical (unpaired) electrons. The molecular weight excluding hydrogens is 278 g/mol. The molecule has 0 rings (SSSR count). The molecule has 0 aliphatic carbocycles. The zero-order valence-corrected chi connectivity index (χ0v) is 10.9. The van der Waals surface area contributed by atoms with Crippen LogP contribution in [0.3, 0.4) is 0 Å². The quantitative estimate of drug-likeness (QED) is 0.311. The molecule has 64 valence electrons. The van der Waals surface area contributed by atoms with Gasteiger partial charge in [-0.1, -0.05) is 0 Å². The average Bonchev–Trinajstić information content (AvgIpc) is 1.12. The van der Waals surface area contributed by atoms with E-state index in [1.807, 2.05) is 0 Å². The van der Waals surface area contributed by atoms with Crippen molar-refractivity contribution >= 4 is 53.4 Å². The minimum atomic E-state index is -5.39. The monoisotopic (exact) mass is 278 g/mol. The molecule has 0 heterocycles. The standard InChI is InChI=1S/Ca.2H3O4P.Ti/c;2*1-5(2,3)4;/h;2*(H3,1,2,3,4);/q+2;;;+4/p-6. The van der Waals surface area contributed by atoms with Crippen molar-refractivity contribution in [3.05, 3.63) is 0 Å². The molecule has 0 aromatic heterocycles. The largest absolute Gasteiger partial charge is 4.00 e. The summed E-state index contributed by atoms with van der Waals surface area (Å²) in [6.07, 6.45) is 0. The Morgan fingerprint density at radius 2 is 0.667 bits per heavy atom. The molecule has 12 heavy (non-hydrogen) atoms. The third-order valence-electron chi connectivity index (χ3n) is 0. The van der Waals surface area contributed by atoms with E-state index in [4.69, 9.17) is 38.5 Å². The van der Waals surface area contributed by atoms with Gasteiger partial charge in [-0.2, -0.15) is 15.6 Å². The maximum absolute atomic E-state index is 8.55. The van der Waals surface area contributed by atoms with Crippen molar-refractivity contribution in [2.24, 2.45) is 0 Å². The number of rotatable bonds is 0. The molecule has 0 saturated carbocycles. The van der Waals surface area contributed by atoms with Gasteiger partial charge in [0.1, 0.15) is 0 Å². The fourth-order valence-electron chi connectivity index (χ4n) is 0. The van der Waals surface area contributed by atoms with Crippen LogP contribution in [0.15, 0.2) is 0 Å². The van der Waals surface area contributed by atoms with Crippen LogP contribution in [-0.4, -0.2) is 37.7 Å². The van der Waals surface area contributed by atoms with E-state index in [-0.39, 0.29) is 59.5 Å². The molecule has 0 aromatic rings. The number of hydrogen-bond acceptors (Lipinski definition) is 8. The van der Waals surface area contributed by atoms with Crippen molar-refractivity contribution in [1.29, 1.82) is 0 Å². The fourth-order valence-corrected chi connectivity index (χ4v) is 0. The van der Waals surface area contributed by atoms with E-state index in [0.717, 1.165) is 0 Å². The van der Waals surface area contributed by atoms with Crippen molar-refractivity contribution < 1.29 is 60.2 Å². The van der Waals surface area contributed by atoms with Gasteiger partial charge < -0.3 is 38.5 Å². The summed E-state index contributed by atoms with van der Waals surface area (Å²) in [5.41, 5.74) is 0. The Kier molecular flexibility index (Phi) is 19.3. The van der Waals surface area contributed by atoms with Crippen LogP contribution in [0.5, 0.6) is 0 Å². The molecule has 12 heteroatoms. The molecule has 0 N–H and O–H groups in total. The van der Waals surface area contributed by atoms with Crippen molar-refractivity contribution in [3.63, 3.8) is 0 Å². The summed E-state index contributed by atoms with van der Waals surface area (Å²) < 4.78 is 17.1. The molecule has 0 fully saturated rings. The Morgan fingerprint density at radius 3 is 0.667 bits per heavy atom. The molecular formula is CaO8P2Ti. The molecule has 0 aromatic carbocycles. The molecule has 0 bridgehead atoms. The summed E-state index contributed by atoms with van der Waals surface area (Å²) in [4.78, 5) is 51.3. The first-order valence-electron chi connectivity index (χ1n) is 1.46. The smallest absolute Gasteiger partial charge is 0.822 e. The third-order valence-corrected chi connectivity index (χ3v) is 0. The van der Waals surface area contributed by atoms with Crippen molar-refractivity contribution in [3.8, 4) is 0 Å². The van der Waals surface area contributed by atoms with Crippen molar-refractivity contribution in [2.75, 3.05) is 0 Å². The summed E-state index contributed by atoms with van der Waals surface area (Å²) in [6.45, 7) is 0. The topological polar surface area (TPSA) is 172 Å². The van der Waals surface area contributed by atoms with Gasteiger partial charge in [-0.3, -0.25) is 0 Å². The van der Waals surface area contributed by atoms with Gasteiger partial charge in [0, 0.05) is 0 Å². The second-order valence-corrected chi connectivity index (χ2v) is 2.68. The van der Waals surface area contributed by atoms with Crippen LogP contribution >= 0.6 is 15.6 Å². The van der Waals surface area contributed by atoms with E-state index in [1.165, 1.54) is 0 Å². The average molecular weight is 278 g/mol. The van der Waals surface area contributed by atoms with Gasteiger partial charge in [0.05, 0.1) is 0 Å². The van der Waals surface area contributed by atoms with E-state index < -0.39 is 15.6 Å². The van der Waals surface area contributed by atoms with Crippen molar-refractivity contribution in [1.82, 2.24) is 0 Å². The van der Waals surface area contributed by atoms with E-state index in [0.29, 0.717) is 0 Å². The molecule has 8 nitrogen and oxygen atoms in total. The molecule has 0 aliphatic heterocycles. The van der Waals surface area contributed by atoms with Crippen LogP contribution in [0.2, 0.25) is 0 Å². The second kappa shape index (κ2) is 9.74. The first-order valence-corrected chi connectivity index (χ1v) is 4.38. The second-order valence-electron chi connectivity index (χ2n) is 0.894. The van der Waals surface area contributed by atoms with Gasteiger partial charge in [0.2, 0.25) is 0 Å². The van der Waals surface area contributed by atoms with E-state index in [2.05, 4.69) is 0 Å². The maximum Gasteiger partial charge on any atom is 4.00 e. The predicted octanol–water partition coefficient (Wildman–Crippen LogP) is -6.03. The van der Waals surface area contributed by atoms with E-state index >= 15 is 0 Å². The Morgan fingerprint density at radius 1 is 0.667 bits per heavy atom. The van der Waals surface area contributed by atoms with Gasteiger partial charge in [0.15, 0.2) is 0 Å². The first-order chi connectivity index (χ1) is 4.00. The van der Waals surface area contributed by atoms with Crippen LogP contribution < -0.4 is 29.4 Å². The summed E-state index contributed by atoms with van der Waals surface area (Å²) in [5.74, 6) is 0. The van der Waals surface area contributed by atoms with Crippen LogP contribution in [0, 0.1) is 0 Å². The molecule has 0 saturated heterocycles. The summed E-state index contributed by atoms with van der Waals surface area (Å²) in [6, 6.07) is 0. The minimum Gasteiger partial charge on any atom is -0.822 e. The molecule has 0 amide bonds. The van der Waals surface area contributed by atoms with Gasteiger partial charge in [-0.25, -0.2) is 0 Å². The molecule has 0 spiro atoms. The third kappa shape index (κ3) is 317. The van der Waals surface area contributed by atoms with Gasteiger partial charge in [0.25, 0.3) is 0 Å². The van der Waals surface area contributed by atoms with Gasteiger partial charge in [-0.15, -0.1) is 0 Å². The van der Waals surface area contributed by atoms with Crippen LogP contribution in [0.25, 0.3) is 0 Å². The van der Waals surface area contributed by atoms with E-state index in [1.54, 1.807) is 0 Å². The Bertz CT molecular complexity index is 129. The summed E-state index contributed by atoms with van der Waals surface area (Å²) in [5, 5.41) is 0. The number of hydrogen-bond donors (Lipinski definition) is 0. The SMILES string of the molecule is O=P([O-])([O-])[O-].O=P([O-])([O-])[O-].[Ca+2].[Ti+4]. The Labute approximate surface area is 112 Å². The first kappa shape index (κ1) is 23.8. The Hall–Kier alpha value is 2.19. The van der Waals surface area contributed by atoms with E-state index in [9.17, 15) is 0 Å². The summed E-state index contributed by atoms with van der Waals surface area (Å²) in [7, 11) is -10.8. The Balaban J connectivity index is -0.0000000457. The molecule has 0 atom stereocenters. The normalized spacial score (nSPS) is 9.83.